The second kappa shape index (κ2) is 6.53. The van der Waals surface area contributed by atoms with E-state index in [4.69, 9.17) is 4.74 Å². The molecule has 0 aliphatic rings. The van der Waals surface area contributed by atoms with E-state index in [1.165, 1.54) is 12.4 Å². The molecule has 19 heavy (non-hydrogen) atoms. The highest BCUT2D eigenvalue weighted by Crippen LogP contribution is 2.06. The van der Waals surface area contributed by atoms with Crippen molar-refractivity contribution in [1.29, 1.82) is 0 Å². The highest BCUT2D eigenvalue weighted by molar-refractivity contribution is 5.92. The fourth-order valence-corrected chi connectivity index (χ4v) is 1.60. The summed E-state index contributed by atoms with van der Waals surface area (Å²) >= 11 is 0. The molecule has 2 heterocycles. The van der Waals surface area contributed by atoms with Gasteiger partial charge in [-0.05, 0) is 19.1 Å². The van der Waals surface area contributed by atoms with Crippen LogP contribution in [0.5, 0.6) is 5.88 Å². The van der Waals surface area contributed by atoms with E-state index in [-0.39, 0.29) is 5.91 Å². The zero-order valence-corrected chi connectivity index (χ0v) is 10.7. The molecule has 100 valence electrons. The minimum atomic E-state index is -0.226. The van der Waals surface area contributed by atoms with Crippen LogP contribution in [0.15, 0.2) is 36.9 Å². The highest BCUT2D eigenvalue weighted by Gasteiger charge is 2.08. The second-order valence-corrected chi connectivity index (χ2v) is 3.85. The third-order valence-corrected chi connectivity index (χ3v) is 2.49. The van der Waals surface area contributed by atoms with Gasteiger partial charge in [-0.3, -0.25) is 4.79 Å². The zero-order valence-electron chi connectivity index (χ0n) is 10.7. The fourth-order valence-electron chi connectivity index (χ4n) is 1.60. The number of rotatable bonds is 6. The lowest BCUT2D eigenvalue weighted by atomic mass is 10.3. The number of nitrogens with zero attached hydrogens (tertiary/aromatic N) is 3. The van der Waals surface area contributed by atoms with Crippen LogP contribution in [0.3, 0.4) is 0 Å². The van der Waals surface area contributed by atoms with Gasteiger partial charge in [0.05, 0.1) is 6.61 Å². The van der Waals surface area contributed by atoms with Crippen molar-refractivity contribution in [2.75, 3.05) is 13.2 Å². The van der Waals surface area contributed by atoms with E-state index >= 15 is 0 Å². The molecule has 0 aromatic carbocycles. The summed E-state index contributed by atoms with van der Waals surface area (Å²) in [6.45, 7) is 3.63. The second-order valence-electron chi connectivity index (χ2n) is 3.85. The summed E-state index contributed by atoms with van der Waals surface area (Å²) in [7, 11) is 0. The van der Waals surface area contributed by atoms with Gasteiger partial charge in [0.25, 0.3) is 5.91 Å². The van der Waals surface area contributed by atoms with E-state index in [0.717, 1.165) is 6.54 Å². The molecule has 0 radical (unpaired) electrons. The van der Waals surface area contributed by atoms with Crippen LogP contribution < -0.4 is 10.1 Å². The maximum Gasteiger partial charge on any atom is 0.270 e. The lowest BCUT2D eigenvalue weighted by Gasteiger charge is -2.06. The van der Waals surface area contributed by atoms with Crippen molar-refractivity contribution >= 4 is 5.91 Å². The Morgan fingerprint density at radius 2 is 2.16 bits per heavy atom. The molecule has 1 amide bonds. The van der Waals surface area contributed by atoms with Gasteiger partial charge in [-0.15, -0.1) is 0 Å². The Hall–Kier alpha value is -2.37. The van der Waals surface area contributed by atoms with Gasteiger partial charge in [0.1, 0.15) is 12.0 Å². The van der Waals surface area contributed by atoms with Crippen molar-refractivity contribution in [3.05, 3.63) is 42.6 Å². The van der Waals surface area contributed by atoms with E-state index < -0.39 is 0 Å². The molecule has 0 saturated heterocycles. The molecule has 0 saturated carbocycles. The van der Waals surface area contributed by atoms with E-state index in [0.29, 0.717) is 24.7 Å². The van der Waals surface area contributed by atoms with Gasteiger partial charge in [-0.25, -0.2) is 9.97 Å². The monoisotopic (exact) mass is 260 g/mol. The summed E-state index contributed by atoms with van der Waals surface area (Å²) in [5.74, 6) is 0.184. The van der Waals surface area contributed by atoms with Crippen LogP contribution >= 0.6 is 0 Å². The van der Waals surface area contributed by atoms with Gasteiger partial charge in [0, 0.05) is 31.5 Å². The first-order chi connectivity index (χ1) is 9.29. The zero-order chi connectivity index (χ0) is 13.5. The minimum absolute atomic E-state index is 0.226. The summed E-state index contributed by atoms with van der Waals surface area (Å²) in [6.07, 6.45) is 5.22. The number of ether oxygens (including phenoxy) is 1. The molecule has 0 aliphatic heterocycles. The molecule has 1 N–H and O–H groups in total. The van der Waals surface area contributed by atoms with E-state index in [2.05, 4.69) is 15.3 Å². The van der Waals surface area contributed by atoms with E-state index in [1.54, 1.807) is 0 Å². The van der Waals surface area contributed by atoms with Crippen molar-refractivity contribution in [2.45, 2.75) is 13.5 Å². The Kier molecular flexibility index (Phi) is 4.49. The van der Waals surface area contributed by atoms with Crippen molar-refractivity contribution in [3.8, 4) is 5.88 Å². The topological polar surface area (TPSA) is 69.0 Å². The number of carbonyl (C=O) groups is 1. The third-order valence-electron chi connectivity index (χ3n) is 2.49. The number of carbonyl (C=O) groups excluding carboxylic acids is 1. The van der Waals surface area contributed by atoms with Crippen LogP contribution in [0.1, 0.15) is 17.4 Å². The van der Waals surface area contributed by atoms with Crippen LogP contribution in [-0.2, 0) is 6.54 Å². The molecule has 0 unspecified atom stereocenters. The summed E-state index contributed by atoms with van der Waals surface area (Å²) < 4.78 is 7.22. The SMILES string of the molecule is CCOc1cc(C(=O)NCCn2cccc2)ncn1. The van der Waals surface area contributed by atoms with E-state index in [9.17, 15) is 4.79 Å². The number of hydrogen-bond acceptors (Lipinski definition) is 4. The summed E-state index contributed by atoms with van der Waals surface area (Å²) in [5, 5.41) is 2.80. The van der Waals surface area contributed by atoms with Crippen molar-refractivity contribution < 1.29 is 9.53 Å². The van der Waals surface area contributed by atoms with Crippen molar-refractivity contribution in [1.82, 2.24) is 19.9 Å². The van der Waals surface area contributed by atoms with Gasteiger partial charge in [0.15, 0.2) is 0 Å². The Morgan fingerprint density at radius 3 is 2.89 bits per heavy atom. The van der Waals surface area contributed by atoms with Crippen molar-refractivity contribution in [3.63, 3.8) is 0 Å². The molecule has 2 aromatic rings. The first-order valence-electron chi connectivity index (χ1n) is 6.13. The molecule has 0 bridgehead atoms. The van der Waals surface area contributed by atoms with E-state index in [1.807, 2.05) is 36.0 Å². The van der Waals surface area contributed by atoms with Crippen LogP contribution in [0.4, 0.5) is 0 Å². The predicted molar refractivity (Wildman–Crippen MR) is 70.0 cm³/mol. The molecule has 6 nitrogen and oxygen atoms in total. The summed E-state index contributed by atoms with van der Waals surface area (Å²) in [5.41, 5.74) is 0.311. The molecule has 2 aromatic heterocycles. The van der Waals surface area contributed by atoms with Crippen molar-refractivity contribution in [2.24, 2.45) is 0 Å². The average Bonchev–Trinajstić information content (AvgIpc) is 2.92. The summed E-state index contributed by atoms with van der Waals surface area (Å²) in [6, 6.07) is 5.43. The molecule has 0 fully saturated rings. The minimum Gasteiger partial charge on any atom is -0.478 e. The highest BCUT2D eigenvalue weighted by atomic mass is 16.5. The molecule has 0 spiro atoms. The van der Waals surface area contributed by atoms with Crippen LogP contribution in [0, 0.1) is 0 Å². The number of aromatic nitrogens is 3. The van der Waals surface area contributed by atoms with Gasteiger partial charge in [0.2, 0.25) is 5.88 Å². The smallest absolute Gasteiger partial charge is 0.270 e. The van der Waals surface area contributed by atoms with Gasteiger partial charge in [-0.2, -0.15) is 0 Å². The number of hydrogen-bond donors (Lipinski definition) is 1. The standard InChI is InChI=1S/C13H16N4O2/c1-2-19-12-9-11(15-10-16-12)13(18)14-5-8-17-6-3-4-7-17/h3-4,6-7,9-10H,2,5,8H2,1H3,(H,14,18). The quantitative estimate of drug-likeness (QED) is 0.844. The Balaban J connectivity index is 1.87. The molecule has 2 rings (SSSR count). The Labute approximate surface area is 111 Å². The maximum atomic E-state index is 11.9. The Bertz CT molecular complexity index is 525. The van der Waals surface area contributed by atoms with Gasteiger partial charge in [-0.1, -0.05) is 0 Å². The van der Waals surface area contributed by atoms with Gasteiger partial charge >= 0.3 is 0 Å². The molecular weight excluding hydrogens is 244 g/mol. The number of amides is 1. The van der Waals surface area contributed by atoms with Crippen LogP contribution in [-0.4, -0.2) is 33.6 Å². The maximum absolute atomic E-state index is 11.9. The van der Waals surface area contributed by atoms with Crippen LogP contribution in [0.25, 0.3) is 0 Å². The predicted octanol–water partition coefficient (Wildman–Crippen LogP) is 1.11. The molecule has 0 aliphatic carbocycles. The molecule has 0 atom stereocenters. The largest absolute Gasteiger partial charge is 0.478 e. The summed E-state index contributed by atoms with van der Waals surface area (Å²) in [4.78, 5) is 19.7. The fraction of sp³-hybridized carbons (Fsp3) is 0.308. The first kappa shape index (κ1) is 13.1. The lowest BCUT2D eigenvalue weighted by Crippen LogP contribution is -2.27. The lowest BCUT2D eigenvalue weighted by molar-refractivity contribution is 0.0946. The normalized spacial score (nSPS) is 10.2. The third kappa shape index (κ3) is 3.80. The van der Waals surface area contributed by atoms with Gasteiger partial charge < -0.3 is 14.6 Å². The molecular formula is C13H16N4O2. The average molecular weight is 260 g/mol. The Morgan fingerprint density at radius 1 is 1.37 bits per heavy atom. The molecule has 6 heteroatoms. The number of nitrogens with one attached hydrogen (secondary N) is 1. The van der Waals surface area contributed by atoms with Crippen LogP contribution in [0.2, 0.25) is 0 Å². The first-order valence-corrected chi connectivity index (χ1v) is 6.13.